The van der Waals surface area contributed by atoms with Crippen molar-refractivity contribution in [2.24, 2.45) is 5.92 Å². The van der Waals surface area contributed by atoms with Crippen LogP contribution in [0, 0.1) is 11.1 Å². The third kappa shape index (κ3) is 1.97. The van der Waals surface area contributed by atoms with Crippen LogP contribution in [0.2, 0.25) is 0 Å². The Kier molecular flexibility index (Phi) is 2.93. The largest absolute Gasteiger partial charge is 0.497 e. The van der Waals surface area contributed by atoms with E-state index in [1.165, 1.54) is 0 Å². The molecule has 0 spiro atoms. The molecule has 0 amide bonds. The first-order valence-electron chi connectivity index (χ1n) is 6.49. The van der Waals surface area contributed by atoms with Gasteiger partial charge in [-0.05, 0) is 24.1 Å². The molecule has 4 nitrogen and oxygen atoms in total. The van der Waals surface area contributed by atoms with Crippen molar-refractivity contribution in [2.45, 2.75) is 25.4 Å². The second-order valence-corrected chi connectivity index (χ2v) is 5.05. The molecule has 1 aliphatic heterocycles. The van der Waals surface area contributed by atoms with E-state index in [2.05, 4.69) is 6.08 Å². The molecule has 3 atom stereocenters. The number of rotatable bonds is 2. The first-order chi connectivity index (χ1) is 9.20. The lowest BCUT2D eigenvalue weighted by molar-refractivity contribution is -0.757. The second-order valence-electron chi connectivity index (χ2n) is 5.05. The van der Waals surface area contributed by atoms with Gasteiger partial charge >= 0.3 is 0 Å². The minimum absolute atomic E-state index is 0.103. The van der Waals surface area contributed by atoms with Gasteiger partial charge < -0.3 is 9.57 Å². The predicted octanol–water partition coefficient (Wildman–Crippen LogP) is 2.64. The fourth-order valence-electron chi connectivity index (χ4n) is 3.00. The lowest BCUT2D eigenvalue weighted by atomic mass is 9.79. The summed E-state index contributed by atoms with van der Waals surface area (Å²) < 4.78 is 5.18. The van der Waals surface area contributed by atoms with Crippen molar-refractivity contribution in [3.63, 3.8) is 0 Å². The highest BCUT2D eigenvalue weighted by atomic mass is 16.9. The number of methoxy groups -OCH3 is 1. The first-order valence-corrected chi connectivity index (χ1v) is 6.49. The summed E-state index contributed by atoms with van der Waals surface area (Å²) in [5.74, 6) is 1.25. The highest BCUT2D eigenvalue weighted by molar-refractivity contribution is 5.85. The van der Waals surface area contributed by atoms with E-state index < -0.39 is 0 Å². The predicted molar refractivity (Wildman–Crippen MR) is 72.2 cm³/mol. The van der Waals surface area contributed by atoms with Crippen LogP contribution in [0.1, 0.15) is 24.8 Å². The molecule has 0 radical (unpaired) electrons. The van der Waals surface area contributed by atoms with Gasteiger partial charge in [-0.3, -0.25) is 5.21 Å². The molecule has 2 aliphatic rings. The highest BCUT2D eigenvalue weighted by Crippen LogP contribution is 2.39. The van der Waals surface area contributed by atoms with Crippen molar-refractivity contribution < 1.29 is 14.5 Å². The van der Waals surface area contributed by atoms with Gasteiger partial charge in [-0.25, -0.2) is 0 Å². The minimum Gasteiger partial charge on any atom is -0.497 e. The van der Waals surface area contributed by atoms with Crippen molar-refractivity contribution in [1.82, 2.24) is 0 Å². The summed E-state index contributed by atoms with van der Waals surface area (Å²) in [5.41, 5.74) is 1.86. The Bertz CT molecular complexity index is 533. The summed E-state index contributed by atoms with van der Waals surface area (Å²) in [6.07, 6.45) is 4.93. The summed E-state index contributed by atoms with van der Waals surface area (Å²) in [7, 11) is 1.65. The van der Waals surface area contributed by atoms with E-state index in [1.807, 2.05) is 37.3 Å². The van der Waals surface area contributed by atoms with Crippen LogP contribution >= 0.6 is 0 Å². The van der Waals surface area contributed by atoms with Gasteiger partial charge in [0.25, 0.3) is 0 Å². The summed E-state index contributed by atoms with van der Waals surface area (Å²) in [5, 5.41) is 11.8. The lowest BCUT2D eigenvalue weighted by Gasteiger charge is -2.33. The smallest absolute Gasteiger partial charge is 0.226 e. The summed E-state index contributed by atoms with van der Waals surface area (Å²) in [6, 6.07) is 7.93. The van der Waals surface area contributed by atoms with E-state index in [0.717, 1.165) is 23.4 Å². The molecule has 0 aromatic heterocycles. The van der Waals surface area contributed by atoms with Crippen molar-refractivity contribution >= 4 is 5.71 Å². The van der Waals surface area contributed by atoms with E-state index >= 15 is 0 Å². The van der Waals surface area contributed by atoms with Gasteiger partial charge in [0.1, 0.15) is 5.75 Å². The molecule has 0 N–H and O–H groups in total. The topological polar surface area (TPSA) is 44.5 Å². The van der Waals surface area contributed by atoms with Crippen LogP contribution in [-0.2, 0) is 4.84 Å². The highest BCUT2D eigenvalue weighted by Gasteiger charge is 2.41. The molecule has 4 heteroatoms. The minimum atomic E-state index is -0.103. The molecule has 0 bridgehead atoms. The first kappa shape index (κ1) is 12.1. The van der Waals surface area contributed by atoms with Crippen molar-refractivity contribution in [2.75, 3.05) is 7.11 Å². The maximum absolute atomic E-state index is 11.8. The normalized spacial score (nSPS) is 29.1. The van der Waals surface area contributed by atoms with Crippen LogP contribution < -0.4 is 4.74 Å². The number of hydrogen-bond donors (Lipinski definition) is 0. The van der Waals surface area contributed by atoms with Gasteiger partial charge in [0.15, 0.2) is 0 Å². The average Bonchev–Trinajstić information content (AvgIpc) is 2.88. The second kappa shape index (κ2) is 4.61. The van der Waals surface area contributed by atoms with Crippen LogP contribution in [0.5, 0.6) is 5.75 Å². The van der Waals surface area contributed by atoms with Gasteiger partial charge in [-0.1, -0.05) is 24.3 Å². The van der Waals surface area contributed by atoms with E-state index in [1.54, 1.807) is 7.11 Å². The quantitative estimate of drug-likeness (QED) is 0.606. The van der Waals surface area contributed by atoms with Gasteiger partial charge in [0, 0.05) is 17.7 Å². The van der Waals surface area contributed by atoms with Crippen LogP contribution in [-0.4, -0.2) is 23.8 Å². The molecule has 100 valence electrons. The molecule has 19 heavy (non-hydrogen) atoms. The Labute approximate surface area is 112 Å². The fourth-order valence-corrected chi connectivity index (χ4v) is 3.00. The Morgan fingerprint density at radius 2 is 2.05 bits per heavy atom. The molecular weight excluding hydrogens is 242 g/mol. The molecule has 1 heterocycles. The van der Waals surface area contributed by atoms with Crippen LogP contribution in [0.4, 0.5) is 0 Å². The van der Waals surface area contributed by atoms with E-state index in [-0.39, 0.29) is 12.0 Å². The molecule has 0 fully saturated rings. The fraction of sp³-hybridized carbons (Fsp3) is 0.400. The molecular formula is C15H17NO3. The average molecular weight is 259 g/mol. The van der Waals surface area contributed by atoms with E-state index in [0.29, 0.717) is 10.8 Å². The van der Waals surface area contributed by atoms with Gasteiger partial charge in [-0.2, -0.15) is 0 Å². The number of benzene rings is 1. The Morgan fingerprint density at radius 3 is 2.74 bits per heavy atom. The zero-order chi connectivity index (χ0) is 13.4. The zero-order valence-electron chi connectivity index (χ0n) is 11.1. The number of allylic oxidation sites excluding steroid dienone is 1. The van der Waals surface area contributed by atoms with Gasteiger partial charge in [0.05, 0.1) is 19.1 Å². The molecule has 0 saturated carbocycles. The molecule has 1 aromatic rings. The molecule has 1 aromatic carbocycles. The van der Waals surface area contributed by atoms with Crippen LogP contribution in [0.15, 0.2) is 36.4 Å². The van der Waals surface area contributed by atoms with Crippen molar-refractivity contribution in [3.8, 4) is 5.75 Å². The number of hydrogen-bond acceptors (Lipinski definition) is 3. The number of nitrogens with zero attached hydrogens (tertiary/aromatic N) is 1. The van der Waals surface area contributed by atoms with Gasteiger partial charge in [-0.15, -0.1) is 0 Å². The monoisotopic (exact) mass is 259 g/mol. The van der Waals surface area contributed by atoms with Crippen molar-refractivity contribution in [3.05, 3.63) is 47.2 Å². The van der Waals surface area contributed by atoms with Crippen LogP contribution in [0.3, 0.4) is 0 Å². The molecule has 1 aliphatic carbocycles. The Hall–Kier alpha value is -1.97. The van der Waals surface area contributed by atoms with Gasteiger partial charge in [0.2, 0.25) is 5.71 Å². The molecule has 0 unspecified atom stereocenters. The van der Waals surface area contributed by atoms with Crippen LogP contribution in [0.25, 0.3) is 0 Å². The molecule has 0 saturated heterocycles. The summed E-state index contributed by atoms with van der Waals surface area (Å²) in [4.78, 5) is 6.02. The summed E-state index contributed by atoms with van der Waals surface area (Å²) in [6.45, 7) is 1.84. The van der Waals surface area contributed by atoms with E-state index in [9.17, 15) is 5.21 Å². The maximum atomic E-state index is 11.8. The molecule has 3 rings (SSSR count). The zero-order valence-corrected chi connectivity index (χ0v) is 11.1. The van der Waals surface area contributed by atoms with E-state index in [4.69, 9.17) is 9.57 Å². The Morgan fingerprint density at radius 1 is 1.32 bits per heavy atom. The number of ether oxygens (including phenoxy) is 1. The third-order valence-electron chi connectivity index (χ3n) is 4.01. The lowest BCUT2D eigenvalue weighted by Crippen LogP contribution is -2.39. The standard InChI is InChI=1S/C15H17NO3/c1-10-15(11-6-8-12(18-2)9-7-11)13-4-3-5-14(13)19-16(10)17/h3,5-9,13-15H,4H2,1-2H3/t13-,14+,15+/m1/s1. The number of fused-ring (bicyclic) bond motifs is 1. The maximum Gasteiger partial charge on any atom is 0.226 e. The Balaban J connectivity index is 1.98. The SMILES string of the molecule is COc1ccc([C@@H]2C(C)=[N+]([O-])O[C@H]3C=CC[C@H]32)cc1. The third-order valence-corrected chi connectivity index (χ3v) is 4.01. The van der Waals surface area contributed by atoms with Crippen molar-refractivity contribution in [1.29, 1.82) is 0 Å². The summed E-state index contributed by atoms with van der Waals surface area (Å²) >= 11 is 0.